The third-order valence-electron chi connectivity index (χ3n) is 6.90. The first-order valence-corrected chi connectivity index (χ1v) is 16.5. The topological polar surface area (TPSA) is 40.6 Å². The van der Waals surface area contributed by atoms with Crippen molar-refractivity contribution in [3.8, 4) is 0 Å². The Morgan fingerprint density at radius 2 is 0.632 bits per heavy atom. The van der Waals surface area contributed by atoms with E-state index in [9.17, 15) is 0 Å². The van der Waals surface area contributed by atoms with E-state index in [1.54, 1.807) is 0 Å². The summed E-state index contributed by atoms with van der Waals surface area (Å²) in [5.74, 6) is 0. The van der Waals surface area contributed by atoms with E-state index in [4.69, 9.17) is 0 Å². The minimum Gasteiger partial charge on any atom is -0.296 e. The lowest BCUT2D eigenvalue weighted by Gasteiger charge is -2.48. The third-order valence-corrected chi connectivity index (χ3v) is 13.8. The van der Waals surface area contributed by atoms with Crippen molar-refractivity contribution >= 4 is 35.8 Å². The van der Waals surface area contributed by atoms with Crippen molar-refractivity contribution in [2.75, 3.05) is 0 Å². The Balaban J connectivity index is 1.98. The number of nitrogens with zero attached hydrogens (tertiary/aromatic N) is 2. The zero-order valence-electron chi connectivity index (χ0n) is 22.9. The summed E-state index contributed by atoms with van der Waals surface area (Å²) < 4.78 is 35.3. The molecular formula is C32H38N2O2P2. The van der Waals surface area contributed by atoms with Gasteiger partial charge in [0, 0.05) is 33.3 Å². The molecule has 0 atom stereocenters. The Morgan fingerprint density at radius 3 is 0.816 bits per heavy atom. The van der Waals surface area contributed by atoms with Gasteiger partial charge in [0.15, 0.2) is 0 Å². The number of benzene rings is 4. The monoisotopic (exact) mass is 544 g/mol. The van der Waals surface area contributed by atoms with Crippen LogP contribution in [-0.4, -0.2) is 27.6 Å². The third kappa shape index (κ3) is 5.24. The van der Waals surface area contributed by atoms with E-state index >= 15 is 9.13 Å². The van der Waals surface area contributed by atoms with Crippen LogP contribution in [0.5, 0.6) is 0 Å². The van der Waals surface area contributed by atoms with Crippen LogP contribution in [-0.2, 0) is 9.13 Å². The predicted molar refractivity (Wildman–Crippen MR) is 163 cm³/mol. The van der Waals surface area contributed by atoms with Gasteiger partial charge < -0.3 is 0 Å². The average molecular weight is 545 g/mol. The van der Waals surface area contributed by atoms with Crippen molar-refractivity contribution in [2.45, 2.75) is 52.9 Å². The second-order valence-corrected chi connectivity index (χ2v) is 15.4. The Morgan fingerprint density at radius 1 is 0.421 bits per heavy atom. The normalized spacial score (nSPS) is 12.7. The molecule has 0 spiro atoms. The maximum absolute atomic E-state index is 15.5. The van der Waals surface area contributed by atoms with Crippen LogP contribution in [0.25, 0.3) is 0 Å². The molecule has 0 bridgehead atoms. The van der Waals surface area contributed by atoms with Gasteiger partial charge in [-0.05, 0) is 83.1 Å². The van der Waals surface area contributed by atoms with Crippen LogP contribution in [0.3, 0.4) is 0 Å². The van der Waals surface area contributed by atoms with Crippen LogP contribution in [0.2, 0.25) is 0 Å². The van der Waals surface area contributed by atoms with E-state index in [0.29, 0.717) is 0 Å². The fourth-order valence-electron chi connectivity index (χ4n) is 5.46. The highest BCUT2D eigenvalue weighted by Crippen LogP contribution is 2.56. The summed E-state index contributed by atoms with van der Waals surface area (Å²) in [5, 5.41) is 3.07. The van der Waals surface area contributed by atoms with Gasteiger partial charge in [0.25, 0.3) is 0 Å². The molecule has 0 radical (unpaired) electrons. The van der Waals surface area contributed by atoms with Crippen molar-refractivity contribution in [3.05, 3.63) is 121 Å². The first-order chi connectivity index (χ1) is 18.2. The molecule has 0 N–H and O–H groups in total. The fraction of sp³-hybridized carbons (Fsp3) is 0.250. The fourth-order valence-corrected chi connectivity index (χ4v) is 12.0. The number of rotatable bonds is 10. The minimum absolute atomic E-state index is 0.0995. The summed E-state index contributed by atoms with van der Waals surface area (Å²) in [6, 6.07) is 38.7. The summed E-state index contributed by atoms with van der Waals surface area (Å²) in [5.41, 5.74) is 0. The highest BCUT2D eigenvalue weighted by molar-refractivity contribution is 7.77. The number of hydrogen-bond donors (Lipinski definition) is 0. The summed E-state index contributed by atoms with van der Waals surface area (Å²) in [6.07, 6.45) is -0.424. The zero-order valence-corrected chi connectivity index (χ0v) is 24.7. The maximum Gasteiger partial charge on any atom is 0.208 e. The predicted octanol–water partition coefficient (Wildman–Crippen LogP) is 6.61. The van der Waals surface area contributed by atoms with Gasteiger partial charge in [-0.15, -0.1) is 0 Å². The van der Waals surface area contributed by atoms with Crippen LogP contribution in [0.4, 0.5) is 0 Å². The lowest BCUT2D eigenvalue weighted by Crippen LogP contribution is -2.53. The summed E-state index contributed by atoms with van der Waals surface area (Å²) in [6.45, 7) is 10.3. The first-order valence-electron chi connectivity index (χ1n) is 13.2. The van der Waals surface area contributed by atoms with Crippen molar-refractivity contribution in [3.63, 3.8) is 0 Å². The van der Waals surface area contributed by atoms with Crippen LogP contribution >= 0.6 is 14.6 Å². The molecule has 0 amide bonds. The molecular weight excluding hydrogens is 506 g/mol. The van der Waals surface area contributed by atoms with Gasteiger partial charge in [0.05, 0.1) is 6.17 Å². The van der Waals surface area contributed by atoms with Crippen molar-refractivity contribution in [2.24, 2.45) is 0 Å². The molecule has 0 saturated heterocycles. The van der Waals surface area contributed by atoms with Gasteiger partial charge in [-0.25, -0.2) is 9.34 Å². The molecule has 198 valence electrons. The molecule has 0 fully saturated rings. The lowest BCUT2D eigenvalue weighted by molar-refractivity contribution is 0.149. The number of hydrogen-bond acceptors (Lipinski definition) is 2. The van der Waals surface area contributed by atoms with Crippen LogP contribution in [0, 0.1) is 0 Å². The van der Waals surface area contributed by atoms with Crippen molar-refractivity contribution in [1.29, 1.82) is 0 Å². The van der Waals surface area contributed by atoms with Gasteiger partial charge in [-0.3, -0.25) is 9.13 Å². The van der Waals surface area contributed by atoms with E-state index in [2.05, 4.69) is 44.0 Å². The SMILES string of the molecule is CC(C)N(C(C)N(C(C)C)P(=O)(c1ccccc1)c1ccccc1)P(=O)(c1ccccc1)c1ccccc1. The van der Waals surface area contributed by atoms with Crippen LogP contribution in [0.15, 0.2) is 121 Å². The second-order valence-electron chi connectivity index (χ2n) is 10.1. The molecule has 0 aliphatic rings. The summed E-state index contributed by atoms with van der Waals surface area (Å²) in [7, 11) is -6.64. The molecule has 0 aromatic heterocycles. The van der Waals surface area contributed by atoms with Gasteiger partial charge >= 0.3 is 0 Å². The van der Waals surface area contributed by atoms with E-state index in [1.807, 2.05) is 121 Å². The molecule has 0 aliphatic carbocycles. The molecule has 0 unspecified atom stereocenters. The Labute approximate surface area is 228 Å². The van der Waals surface area contributed by atoms with E-state index in [0.717, 1.165) is 21.2 Å². The quantitative estimate of drug-likeness (QED) is 0.166. The second kappa shape index (κ2) is 12.0. The molecule has 4 nitrogen and oxygen atoms in total. The van der Waals surface area contributed by atoms with E-state index in [-0.39, 0.29) is 12.1 Å². The van der Waals surface area contributed by atoms with Gasteiger partial charge in [0.2, 0.25) is 14.6 Å². The Hall–Kier alpha value is -2.74. The highest BCUT2D eigenvalue weighted by Gasteiger charge is 2.47. The van der Waals surface area contributed by atoms with Crippen LogP contribution < -0.4 is 21.2 Å². The Bertz CT molecular complexity index is 1200. The average Bonchev–Trinajstić information content (AvgIpc) is 2.94. The molecule has 6 heteroatoms. The van der Waals surface area contributed by atoms with Gasteiger partial charge in [-0.2, -0.15) is 0 Å². The van der Waals surface area contributed by atoms with Crippen molar-refractivity contribution < 1.29 is 9.13 Å². The van der Waals surface area contributed by atoms with E-state index in [1.165, 1.54) is 0 Å². The molecule has 4 aromatic rings. The minimum atomic E-state index is -3.32. The van der Waals surface area contributed by atoms with E-state index < -0.39 is 20.8 Å². The zero-order chi connectivity index (χ0) is 27.3. The van der Waals surface area contributed by atoms with Crippen LogP contribution in [0.1, 0.15) is 34.6 Å². The molecule has 4 rings (SSSR count). The van der Waals surface area contributed by atoms with Gasteiger partial charge in [0.1, 0.15) is 0 Å². The molecule has 38 heavy (non-hydrogen) atoms. The summed E-state index contributed by atoms with van der Waals surface area (Å²) >= 11 is 0. The van der Waals surface area contributed by atoms with Crippen molar-refractivity contribution in [1.82, 2.24) is 9.34 Å². The smallest absolute Gasteiger partial charge is 0.208 e. The lowest BCUT2D eigenvalue weighted by atomic mass is 10.3. The van der Waals surface area contributed by atoms with Gasteiger partial charge in [-0.1, -0.05) is 72.8 Å². The molecule has 4 aromatic carbocycles. The molecule has 0 heterocycles. The summed E-state index contributed by atoms with van der Waals surface area (Å²) in [4.78, 5) is 0. The first kappa shape index (κ1) is 28.3. The molecule has 0 aliphatic heterocycles. The Kier molecular flexibility index (Phi) is 8.91. The standard InChI is InChI=1S/C32H38N2O2P2/c1-26(2)33(37(35,29-18-10-6-11-19-29)30-20-12-7-13-21-30)28(5)34(27(3)4)38(36,31-22-14-8-15-23-31)32-24-16-9-17-25-32/h6-28H,1-5H3. The largest absolute Gasteiger partial charge is 0.296 e. The highest BCUT2D eigenvalue weighted by atomic mass is 31.2. The maximum atomic E-state index is 15.5. The molecule has 0 saturated carbocycles.